The van der Waals surface area contributed by atoms with Crippen LogP contribution >= 0.6 is 12.4 Å². The first-order valence-corrected chi connectivity index (χ1v) is 2.91. The highest BCUT2D eigenvalue weighted by atomic mass is 35.5. The van der Waals surface area contributed by atoms with Gasteiger partial charge in [-0.25, -0.2) is 4.98 Å². The molecule has 0 saturated carbocycles. The zero-order chi connectivity index (χ0) is 6.97. The summed E-state index contributed by atoms with van der Waals surface area (Å²) in [5.74, 6) is 0. The van der Waals surface area contributed by atoms with Crippen LogP contribution in [0.4, 0.5) is 5.69 Å². The van der Waals surface area contributed by atoms with Gasteiger partial charge in [-0.1, -0.05) is 0 Å². The van der Waals surface area contributed by atoms with Crippen molar-refractivity contribution in [3.8, 4) is 0 Å². The molecular formula is C6H7ClN4. The molecule has 0 amide bonds. The van der Waals surface area contributed by atoms with E-state index in [-0.39, 0.29) is 12.4 Å². The maximum atomic E-state index is 5.48. The van der Waals surface area contributed by atoms with Crippen molar-refractivity contribution >= 4 is 29.1 Å². The van der Waals surface area contributed by atoms with Crippen LogP contribution in [0.25, 0.3) is 11.0 Å². The Labute approximate surface area is 69.2 Å². The molecule has 11 heavy (non-hydrogen) atoms. The predicted molar refractivity (Wildman–Crippen MR) is 45.5 cm³/mol. The molecule has 2 heterocycles. The summed E-state index contributed by atoms with van der Waals surface area (Å²) in [5.41, 5.74) is 6.91. The molecule has 0 unspecified atom stereocenters. The van der Waals surface area contributed by atoms with Gasteiger partial charge in [-0.15, -0.1) is 12.4 Å². The van der Waals surface area contributed by atoms with Gasteiger partial charge in [-0.2, -0.15) is 5.10 Å². The van der Waals surface area contributed by atoms with E-state index in [2.05, 4.69) is 15.2 Å². The molecule has 0 aliphatic carbocycles. The summed E-state index contributed by atoms with van der Waals surface area (Å²) in [7, 11) is 0. The highest BCUT2D eigenvalue weighted by Crippen LogP contribution is 2.09. The Kier molecular flexibility index (Phi) is 1.96. The van der Waals surface area contributed by atoms with Gasteiger partial charge < -0.3 is 5.73 Å². The Morgan fingerprint density at radius 1 is 1.36 bits per heavy atom. The SMILES string of the molecule is Cl.Nc1cnc2[nH]ncc2c1. The van der Waals surface area contributed by atoms with Crippen molar-refractivity contribution in [3.63, 3.8) is 0 Å². The second-order valence-corrected chi connectivity index (χ2v) is 2.08. The summed E-state index contributed by atoms with van der Waals surface area (Å²) >= 11 is 0. The minimum atomic E-state index is 0. The predicted octanol–water partition coefficient (Wildman–Crippen LogP) is 0.962. The molecule has 0 saturated heterocycles. The molecule has 0 aliphatic rings. The summed E-state index contributed by atoms with van der Waals surface area (Å²) < 4.78 is 0. The second-order valence-electron chi connectivity index (χ2n) is 2.08. The quantitative estimate of drug-likeness (QED) is 0.619. The number of nitrogens with two attached hydrogens (primary N) is 1. The molecule has 0 atom stereocenters. The van der Waals surface area contributed by atoms with Gasteiger partial charge in [0, 0.05) is 5.39 Å². The van der Waals surface area contributed by atoms with Crippen LogP contribution in [0.15, 0.2) is 18.5 Å². The lowest BCUT2D eigenvalue weighted by Gasteiger charge is -1.88. The molecule has 0 aliphatic heterocycles. The highest BCUT2D eigenvalue weighted by molar-refractivity contribution is 5.85. The van der Waals surface area contributed by atoms with Gasteiger partial charge in [0.05, 0.1) is 18.1 Å². The molecule has 2 aromatic rings. The summed E-state index contributed by atoms with van der Waals surface area (Å²) in [6.07, 6.45) is 3.29. The largest absolute Gasteiger partial charge is 0.397 e. The summed E-state index contributed by atoms with van der Waals surface area (Å²) in [6.45, 7) is 0. The van der Waals surface area contributed by atoms with Crippen molar-refractivity contribution in [1.82, 2.24) is 15.2 Å². The third-order valence-corrected chi connectivity index (χ3v) is 1.31. The Morgan fingerprint density at radius 3 is 3.00 bits per heavy atom. The Hall–Kier alpha value is -1.29. The normalized spacial score (nSPS) is 9.45. The molecule has 5 heteroatoms. The number of hydrogen-bond donors (Lipinski definition) is 2. The van der Waals surface area contributed by atoms with Crippen molar-refractivity contribution in [2.45, 2.75) is 0 Å². The number of hydrogen-bond acceptors (Lipinski definition) is 3. The fraction of sp³-hybridized carbons (Fsp3) is 0. The van der Waals surface area contributed by atoms with Gasteiger partial charge in [0.1, 0.15) is 0 Å². The van der Waals surface area contributed by atoms with E-state index in [1.807, 2.05) is 6.07 Å². The van der Waals surface area contributed by atoms with Crippen LogP contribution in [0, 0.1) is 0 Å². The van der Waals surface area contributed by atoms with Gasteiger partial charge in [0.2, 0.25) is 0 Å². The molecule has 0 bridgehead atoms. The van der Waals surface area contributed by atoms with Gasteiger partial charge >= 0.3 is 0 Å². The lowest BCUT2D eigenvalue weighted by atomic mass is 10.3. The van der Waals surface area contributed by atoms with Crippen LogP contribution in [0.5, 0.6) is 0 Å². The molecule has 0 aromatic carbocycles. The van der Waals surface area contributed by atoms with E-state index in [4.69, 9.17) is 5.73 Å². The first-order valence-electron chi connectivity index (χ1n) is 2.91. The number of anilines is 1. The molecule has 4 nitrogen and oxygen atoms in total. The molecule has 0 fully saturated rings. The maximum Gasteiger partial charge on any atom is 0.155 e. The average molecular weight is 171 g/mol. The van der Waals surface area contributed by atoms with Crippen molar-refractivity contribution in [2.24, 2.45) is 0 Å². The number of fused-ring (bicyclic) bond motifs is 1. The number of aromatic nitrogens is 3. The van der Waals surface area contributed by atoms with Crippen molar-refractivity contribution in [2.75, 3.05) is 5.73 Å². The van der Waals surface area contributed by atoms with E-state index in [9.17, 15) is 0 Å². The Balaban J connectivity index is 0.000000605. The Bertz CT molecular complexity index is 356. The monoisotopic (exact) mass is 170 g/mol. The van der Waals surface area contributed by atoms with E-state index < -0.39 is 0 Å². The Morgan fingerprint density at radius 2 is 2.18 bits per heavy atom. The molecule has 3 N–H and O–H groups in total. The first-order chi connectivity index (χ1) is 4.86. The molecular weight excluding hydrogens is 164 g/mol. The van der Waals surface area contributed by atoms with Crippen LogP contribution in [-0.4, -0.2) is 15.2 Å². The zero-order valence-corrected chi connectivity index (χ0v) is 6.43. The lowest BCUT2D eigenvalue weighted by Crippen LogP contribution is -1.85. The number of pyridine rings is 1. The molecule has 0 radical (unpaired) electrons. The number of nitrogens with one attached hydrogen (secondary N) is 1. The smallest absolute Gasteiger partial charge is 0.155 e. The van der Waals surface area contributed by atoms with Gasteiger partial charge in [-0.3, -0.25) is 5.10 Å². The van der Waals surface area contributed by atoms with Crippen LogP contribution in [0.2, 0.25) is 0 Å². The molecule has 58 valence electrons. The van der Waals surface area contributed by atoms with Crippen LogP contribution in [0.3, 0.4) is 0 Å². The average Bonchev–Trinajstić information content (AvgIpc) is 2.33. The number of halogens is 1. The van der Waals surface area contributed by atoms with Crippen LogP contribution in [0.1, 0.15) is 0 Å². The fourth-order valence-electron chi connectivity index (χ4n) is 0.854. The molecule has 2 aromatic heterocycles. The minimum Gasteiger partial charge on any atom is -0.397 e. The van der Waals surface area contributed by atoms with Crippen molar-refractivity contribution in [1.29, 1.82) is 0 Å². The minimum absolute atomic E-state index is 0. The van der Waals surface area contributed by atoms with Crippen molar-refractivity contribution in [3.05, 3.63) is 18.5 Å². The molecule has 0 spiro atoms. The summed E-state index contributed by atoms with van der Waals surface area (Å²) in [4.78, 5) is 4.00. The molecule has 2 rings (SSSR count). The van der Waals surface area contributed by atoms with Gasteiger partial charge in [0.25, 0.3) is 0 Å². The number of H-pyrrole nitrogens is 1. The van der Waals surface area contributed by atoms with E-state index in [0.29, 0.717) is 5.69 Å². The third kappa shape index (κ3) is 1.25. The van der Waals surface area contributed by atoms with E-state index in [1.165, 1.54) is 0 Å². The topological polar surface area (TPSA) is 67.6 Å². The highest BCUT2D eigenvalue weighted by Gasteiger charge is 1.94. The van der Waals surface area contributed by atoms with E-state index in [1.54, 1.807) is 12.4 Å². The van der Waals surface area contributed by atoms with Gasteiger partial charge in [0.15, 0.2) is 5.65 Å². The maximum absolute atomic E-state index is 5.48. The van der Waals surface area contributed by atoms with Crippen LogP contribution in [-0.2, 0) is 0 Å². The third-order valence-electron chi connectivity index (χ3n) is 1.31. The van der Waals surface area contributed by atoms with Gasteiger partial charge in [-0.05, 0) is 6.07 Å². The number of nitrogen functional groups attached to an aromatic ring is 1. The first kappa shape index (κ1) is 7.81. The van der Waals surface area contributed by atoms with Crippen LogP contribution < -0.4 is 5.73 Å². The lowest BCUT2D eigenvalue weighted by molar-refractivity contribution is 1.10. The number of nitrogens with zero attached hydrogens (tertiary/aromatic N) is 2. The summed E-state index contributed by atoms with van der Waals surface area (Å²) in [5, 5.41) is 7.47. The standard InChI is InChI=1S/C6H6N4.ClH/c7-5-1-4-2-9-10-6(4)8-3-5;/h1-3H,7H2,(H,8,9,10);1H. The van der Waals surface area contributed by atoms with E-state index in [0.717, 1.165) is 11.0 Å². The fourth-order valence-corrected chi connectivity index (χ4v) is 0.854. The second kappa shape index (κ2) is 2.75. The number of rotatable bonds is 0. The number of aromatic amines is 1. The zero-order valence-electron chi connectivity index (χ0n) is 5.61. The van der Waals surface area contributed by atoms with Crippen molar-refractivity contribution < 1.29 is 0 Å². The summed E-state index contributed by atoms with van der Waals surface area (Å²) in [6, 6.07) is 1.83. The van der Waals surface area contributed by atoms with E-state index >= 15 is 0 Å².